The van der Waals surface area contributed by atoms with Gasteiger partial charge in [-0.15, -0.1) is 0 Å². The Balaban J connectivity index is 1.42. The van der Waals surface area contributed by atoms with Crippen LogP contribution in [0.15, 0.2) is 29.6 Å². The third-order valence-electron chi connectivity index (χ3n) is 5.66. The Labute approximate surface area is 158 Å². The largest absolute Gasteiger partial charge is 0.351 e. The molecular formula is C18H24N4O4S. The lowest BCUT2D eigenvalue weighted by molar-refractivity contribution is -0.134. The van der Waals surface area contributed by atoms with Gasteiger partial charge in [-0.3, -0.25) is 9.59 Å². The average Bonchev–Trinajstić information content (AvgIpc) is 3.31. The van der Waals surface area contributed by atoms with Crippen LogP contribution in [0.2, 0.25) is 0 Å². The van der Waals surface area contributed by atoms with Crippen LogP contribution >= 0.6 is 0 Å². The number of hydrogen-bond donors (Lipinski definition) is 0. The molecule has 1 aromatic rings. The van der Waals surface area contributed by atoms with Gasteiger partial charge in [0.05, 0.1) is 17.5 Å². The summed E-state index contributed by atoms with van der Waals surface area (Å²) in [5, 5.41) is 5.55. The van der Waals surface area contributed by atoms with Crippen molar-refractivity contribution in [2.24, 2.45) is 5.10 Å². The van der Waals surface area contributed by atoms with Crippen molar-refractivity contribution >= 4 is 27.4 Å². The van der Waals surface area contributed by atoms with E-state index in [9.17, 15) is 18.0 Å². The quantitative estimate of drug-likeness (QED) is 0.761. The van der Waals surface area contributed by atoms with Gasteiger partial charge in [-0.25, -0.2) is 13.4 Å². The zero-order valence-corrected chi connectivity index (χ0v) is 16.0. The summed E-state index contributed by atoms with van der Waals surface area (Å²) in [5.41, 5.74) is 0.373. The number of sulfone groups is 1. The summed E-state index contributed by atoms with van der Waals surface area (Å²) in [5.74, 6) is -0.307. The molecular weight excluding hydrogens is 368 g/mol. The van der Waals surface area contributed by atoms with E-state index in [0.717, 1.165) is 12.8 Å². The molecule has 1 aromatic heterocycles. The molecule has 4 heterocycles. The molecule has 2 fully saturated rings. The van der Waals surface area contributed by atoms with Crippen molar-refractivity contribution in [2.45, 2.75) is 44.2 Å². The number of rotatable bonds is 3. The maximum Gasteiger partial charge on any atom is 0.270 e. The lowest BCUT2D eigenvalue weighted by Crippen LogP contribution is -2.47. The van der Waals surface area contributed by atoms with E-state index in [-0.39, 0.29) is 29.7 Å². The van der Waals surface area contributed by atoms with Crippen LogP contribution < -0.4 is 0 Å². The van der Waals surface area contributed by atoms with Crippen LogP contribution in [-0.2, 0) is 19.4 Å². The minimum atomic E-state index is -3.11. The highest BCUT2D eigenvalue weighted by atomic mass is 32.2. The molecule has 3 aliphatic rings. The van der Waals surface area contributed by atoms with E-state index >= 15 is 0 Å². The number of aromatic nitrogens is 1. The van der Waals surface area contributed by atoms with Crippen molar-refractivity contribution < 1.29 is 18.0 Å². The number of amides is 2. The molecule has 2 amide bonds. The third-order valence-corrected chi connectivity index (χ3v) is 7.41. The number of carbonyl (C=O) groups is 2. The summed E-state index contributed by atoms with van der Waals surface area (Å²) in [4.78, 5) is 26.9. The lowest BCUT2D eigenvalue weighted by Gasteiger charge is -2.34. The highest BCUT2D eigenvalue weighted by Gasteiger charge is 2.38. The van der Waals surface area contributed by atoms with Crippen LogP contribution in [0.1, 0.15) is 38.1 Å². The highest BCUT2D eigenvalue weighted by Crippen LogP contribution is 2.25. The smallest absolute Gasteiger partial charge is 0.270 e. The number of likely N-dealkylation sites (tertiary alicyclic amines) is 1. The molecule has 146 valence electrons. The Hall–Kier alpha value is -2.16. The molecule has 3 aliphatic heterocycles. The number of hydrazone groups is 1. The molecule has 0 spiro atoms. The van der Waals surface area contributed by atoms with Crippen molar-refractivity contribution in [1.82, 2.24) is 14.5 Å². The van der Waals surface area contributed by atoms with Gasteiger partial charge < -0.3 is 9.47 Å². The van der Waals surface area contributed by atoms with Crippen molar-refractivity contribution in [3.63, 3.8) is 0 Å². The first kappa shape index (κ1) is 18.2. The second-order valence-electron chi connectivity index (χ2n) is 7.50. The summed E-state index contributed by atoms with van der Waals surface area (Å²) in [6.45, 7) is 1.32. The van der Waals surface area contributed by atoms with Gasteiger partial charge in [0, 0.05) is 44.4 Å². The maximum absolute atomic E-state index is 12.9. The first-order valence-electron chi connectivity index (χ1n) is 9.45. The van der Waals surface area contributed by atoms with Gasteiger partial charge in [0.1, 0.15) is 5.71 Å². The van der Waals surface area contributed by atoms with Gasteiger partial charge in [-0.05, 0) is 31.4 Å². The standard InChI is InChI=1S/C18H24N4O4S/c23-17-4-3-16(19-22(17)15-7-12-27(25,26)13-15)18(24)21-10-5-14(6-11-21)20-8-1-2-9-20/h1-2,8-9,14-15H,3-7,10-13H2/t15-/m0/s1. The molecule has 0 saturated carbocycles. The van der Waals surface area contributed by atoms with E-state index in [1.165, 1.54) is 5.01 Å². The van der Waals surface area contributed by atoms with Crippen LogP contribution in [0.3, 0.4) is 0 Å². The first-order chi connectivity index (χ1) is 12.9. The Morgan fingerprint density at radius 3 is 2.37 bits per heavy atom. The zero-order chi connectivity index (χ0) is 19.0. The molecule has 27 heavy (non-hydrogen) atoms. The van der Waals surface area contributed by atoms with E-state index < -0.39 is 15.9 Å². The normalized spacial score (nSPS) is 26.3. The number of carbonyl (C=O) groups excluding carboxylic acids is 2. The Bertz CT molecular complexity index is 854. The predicted octanol–water partition coefficient (Wildman–Crippen LogP) is 0.817. The molecule has 0 aromatic carbocycles. The molecule has 0 aliphatic carbocycles. The highest BCUT2D eigenvalue weighted by molar-refractivity contribution is 7.91. The van der Waals surface area contributed by atoms with Gasteiger partial charge in [0.25, 0.3) is 5.91 Å². The summed E-state index contributed by atoms with van der Waals surface area (Å²) >= 11 is 0. The van der Waals surface area contributed by atoms with Crippen LogP contribution in [0.25, 0.3) is 0 Å². The van der Waals surface area contributed by atoms with Crippen LogP contribution in [0, 0.1) is 0 Å². The Morgan fingerprint density at radius 2 is 1.74 bits per heavy atom. The van der Waals surface area contributed by atoms with E-state index in [1.54, 1.807) is 4.90 Å². The number of piperidine rings is 1. The van der Waals surface area contributed by atoms with Gasteiger partial charge in [-0.1, -0.05) is 0 Å². The van der Waals surface area contributed by atoms with E-state index in [1.807, 2.05) is 24.5 Å². The Morgan fingerprint density at radius 1 is 1.04 bits per heavy atom. The molecule has 0 N–H and O–H groups in total. The molecule has 0 bridgehead atoms. The number of hydrogen-bond acceptors (Lipinski definition) is 5. The SMILES string of the molecule is O=C(C1=NN([C@H]2CCS(=O)(=O)C2)C(=O)CC1)N1CCC(n2cccc2)CC1. The molecule has 4 rings (SSSR count). The van der Waals surface area contributed by atoms with Crippen molar-refractivity contribution in [1.29, 1.82) is 0 Å². The average molecular weight is 392 g/mol. The summed E-state index contributed by atoms with van der Waals surface area (Å²) in [6, 6.07) is 3.97. The molecule has 9 heteroatoms. The van der Waals surface area contributed by atoms with Crippen molar-refractivity contribution in [2.75, 3.05) is 24.6 Å². The summed E-state index contributed by atoms with van der Waals surface area (Å²) in [6.07, 6.45) is 6.79. The molecule has 8 nitrogen and oxygen atoms in total. The predicted molar refractivity (Wildman–Crippen MR) is 99.9 cm³/mol. The van der Waals surface area contributed by atoms with E-state index in [4.69, 9.17) is 0 Å². The van der Waals surface area contributed by atoms with Gasteiger partial charge >= 0.3 is 0 Å². The zero-order valence-electron chi connectivity index (χ0n) is 15.2. The van der Waals surface area contributed by atoms with Gasteiger partial charge in [0.2, 0.25) is 5.91 Å². The number of nitrogens with zero attached hydrogens (tertiary/aromatic N) is 4. The molecule has 2 saturated heterocycles. The van der Waals surface area contributed by atoms with Crippen LogP contribution in [0.5, 0.6) is 0 Å². The fraction of sp³-hybridized carbons (Fsp3) is 0.611. The van der Waals surface area contributed by atoms with E-state index in [0.29, 0.717) is 37.7 Å². The molecule has 1 atom stereocenters. The van der Waals surface area contributed by atoms with Gasteiger partial charge in [-0.2, -0.15) is 5.10 Å². The van der Waals surface area contributed by atoms with Crippen molar-refractivity contribution in [3.05, 3.63) is 24.5 Å². The summed E-state index contributed by atoms with van der Waals surface area (Å²) in [7, 11) is -3.11. The second kappa shape index (κ2) is 7.10. The fourth-order valence-corrected chi connectivity index (χ4v) is 5.81. The monoisotopic (exact) mass is 392 g/mol. The van der Waals surface area contributed by atoms with Crippen molar-refractivity contribution in [3.8, 4) is 0 Å². The third kappa shape index (κ3) is 3.78. The van der Waals surface area contributed by atoms with Crippen LogP contribution in [0.4, 0.5) is 0 Å². The minimum Gasteiger partial charge on any atom is -0.351 e. The molecule has 0 radical (unpaired) electrons. The topological polar surface area (TPSA) is 92.0 Å². The Kier molecular flexibility index (Phi) is 4.79. The minimum absolute atomic E-state index is 0.0635. The lowest BCUT2D eigenvalue weighted by atomic mass is 10.0. The second-order valence-corrected chi connectivity index (χ2v) is 9.72. The van der Waals surface area contributed by atoms with Gasteiger partial charge in [0.15, 0.2) is 9.84 Å². The maximum atomic E-state index is 12.9. The van der Waals surface area contributed by atoms with E-state index in [2.05, 4.69) is 9.67 Å². The fourth-order valence-electron chi connectivity index (χ4n) is 4.12. The van der Waals surface area contributed by atoms with Crippen LogP contribution in [-0.4, -0.2) is 71.1 Å². The first-order valence-corrected chi connectivity index (χ1v) is 11.3. The summed E-state index contributed by atoms with van der Waals surface area (Å²) < 4.78 is 25.6. The molecule has 0 unspecified atom stereocenters.